The number of hydrogen-bond donors (Lipinski definition) is 0. The molecule has 0 amide bonds. The molecule has 0 saturated heterocycles. The van der Waals surface area contributed by atoms with Crippen LogP contribution in [-0.2, 0) is 10.8 Å². The van der Waals surface area contributed by atoms with Crippen LogP contribution in [0, 0.1) is 0 Å². The van der Waals surface area contributed by atoms with E-state index in [1.807, 2.05) is 0 Å². The molecule has 0 unspecified atom stereocenters. The molecule has 6 aromatic carbocycles. The molecule has 0 atom stereocenters. The molecule has 10 rings (SSSR count). The number of aromatic nitrogens is 2. The van der Waals surface area contributed by atoms with Crippen molar-refractivity contribution in [3.05, 3.63) is 156 Å². The smallest absolute Gasteiger partial charge is 0.161 e. The number of thiophene rings is 1. The third-order valence-corrected chi connectivity index (χ3v) is 12.2. The van der Waals surface area contributed by atoms with Gasteiger partial charge >= 0.3 is 0 Å². The first-order chi connectivity index (χ1) is 23.8. The van der Waals surface area contributed by atoms with E-state index >= 15 is 0 Å². The van der Waals surface area contributed by atoms with Gasteiger partial charge in [-0.05, 0) is 86.0 Å². The van der Waals surface area contributed by atoms with Gasteiger partial charge in [0.25, 0.3) is 0 Å². The first kappa shape index (κ1) is 28.6. The molecule has 0 radical (unpaired) electrons. The van der Waals surface area contributed by atoms with Crippen LogP contribution in [0.25, 0.3) is 76.3 Å². The maximum Gasteiger partial charge on any atom is 0.161 e. The Morgan fingerprint density at radius 2 is 1.06 bits per heavy atom. The van der Waals surface area contributed by atoms with Gasteiger partial charge in [-0.1, -0.05) is 131 Å². The summed E-state index contributed by atoms with van der Waals surface area (Å²) in [6.07, 6.45) is 0. The highest BCUT2D eigenvalue weighted by atomic mass is 32.1. The lowest BCUT2D eigenvalue weighted by molar-refractivity contribution is 0.652. The summed E-state index contributed by atoms with van der Waals surface area (Å²) >= 11 is 1.74. The molecule has 0 saturated carbocycles. The second-order valence-electron chi connectivity index (χ2n) is 14.6. The second kappa shape index (κ2) is 10.1. The Bertz CT molecular complexity index is 2660. The topological polar surface area (TPSA) is 25.8 Å². The highest BCUT2D eigenvalue weighted by Crippen LogP contribution is 2.56. The Morgan fingerprint density at radius 3 is 1.88 bits per heavy atom. The van der Waals surface area contributed by atoms with E-state index in [0.717, 1.165) is 32.9 Å². The maximum absolute atomic E-state index is 5.26. The van der Waals surface area contributed by atoms with Crippen molar-refractivity contribution < 1.29 is 0 Å². The van der Waals surface area contributed by atoms with Crippen molar-refractivity contribution in [3.63, 3.8) is 0 Å². The first-order valence-electron chi connectivity index (χ1n) is 17.1. The molecule has 0 fully saturated rings. The summed E-state index contributed by atoms with van der Waals surface area (Å²) in [7, 11) is 0. The fourth-order valence-corrected chi connectivity index (χ4v) is 9.60. The van der Waals surface area contributed by atoms with Crippen LogP contribution in [0.5, 0.6) is 0 Å². The standard InChI is InChI=1S/C46H34N2S/c1-45(2)36-19-10-8-17-31(36)34-25-39-35(26-38(34)45)33-24-29(21-22-37(33)46(39,3)4)28-15-12-16-30(23-28)43-47-42(27-13-6-5-7-14-27)41-32-18-9-11-20-40(32)49-44(41)48-43/h5-26H,1-4H3. The second-order valence-corrected chi connectivity index (χ2v) is 15.7. The third kappa shape index (κ3) is 4.06. The molecule has 49 heavy (non-hydrogen) atoms. The van der Waals surface area contributed by atoms with Gasteiger partial charge in [-0.2, -0.15) is 0 Å². The first-order valence-corrected chi connectivity index (χ1v) is 17.9. The largest absolute Gasteiger partial charge is 0.227 e. The van der Waals surface area contributed by atoms with Crippen LogP contribution < -0.4 is 0 Å². The Kier molecular flexibility index (Phi) is 5.88. The van der Waals surface area contributed by atoms with Crippen LogP contribution in [0.15, 0.2) is 133 Å². The molecule has 0 N–H and O–H groups in total. The zero-order valence-corrected chi connectivity index (χ0v) is 28.8. The van der Waals surface area contributed by atoms with Crippen LogP contribution in [-0.4, -0.2) is 9.97 Å². The van der Waals surface area contributed by atoms with E-state index in [0.29, 0.717) is 0 Å². The van der Waals surface area contributed by atoms with Gasteiger partial charge in [0.2, 0.25) is 0 Å². The molecule has 2 nitrogen and oxygen atoms in total. The number of rotatable bonds is 3. The SMILES string of the molecule is CC1(C)c2ccccc2-c2cc3c(cc21)-c1cc(-c2cccc(-c4nc(-c5ccccc5)c5c(n4)sc4ccccc45)c2)ccc1C3(C)C. The Morgan fingerprint density at radius 1 is 0.449 bits per heavy atom. The van der Waals surface area contributed by atoms with Crippen LogP contribution >= 0.6 is 11.3 Å². The van der Waals surface area contributed by atoms with Crippen molar-refractivity contribution in [2.75, 3.05) is 0 Å². The van der Waals surface area contributed by atoms with Gasteiger partial charge in [0.05, 0.1) is 5.69 Å². The number of nitrogens with zero attached hydrogens (tertiary/aromatic N) is 2. The molecule has 8 aromatic rings. The van der Waals surface area contributed by atoms with Crippen molar-refractivity contribution in [3.8, 4) is 56.0 Å². The molecule has 2 aliphatic carbocycles. The van der Waals surface area contributed by atoms with E-state index in [9.17, 15) is 0 Å². The molecule has 234 valence electrons. The van der Waals surface area contributed by atoms with Crippen LogP contribution in [0.2, 0.25) is 0 Å². The predicted octanol–water partition coefficient (Wildman–Crippen LogP) is 12.5. The fourth-order valence-electron chi connectivity index (χ4n) is 8.52. The van der Waals surface area contributed by atoms with E-state index in [2.05, 4.69) is 161 Å². The average molecular weight is 647 g/mol. The normalized spacial score (nSPS) is 14.9. The van der Waals surface area contributed by atoms with Gasteiger partial charge in [0, 0.05) is 37.4 Å². The molecule has 0 aliphatic heterocycles. The highest BCUT2D eigenvalue weighted by molar-refractivity contribution is 7.25. The number of hydrogen-bond acceptors (Lipinski definition) is 3. The van der Waals surface area contributed by atoms with Gasteiger partial charge in [-0.25, -0.2) is 9.97 Å². The zero-order chi connectivity index (χ0) is 33.1. The monoisotopic (exact) mass is 646 g/mol. The molecule has 2 heterocycles. The van der Waals surface area contributed by atoms with E-state index in [4.69, 9.17) is 9.97 Å². The molecular weight excluding hydrogens is 613 g/mol. The van der Waals surface area contributed by atoms with Crippen molar-refractivity contribution in [1.82, 2.24) is 9.97 Å². The minimum atomic E-state index is -0.0803. The maximum atomic E-state index is 5.26. The van der Waals surface area contributed by atoms with E-state index in [1.165, 1.54) is 65.7 Å². The third-order valence-electron chi connectivity index (χ3n) is 11.1. The summed E-state index contributed by atoms with van der Waals surface area (Å²) in [4.78, 5) is 11.5. The van der Waals surface area contributed by atoms with Gasteiger partial charge < -0.3 is 0 Å². The van der Waals surface area contributed by atoms with Crippen LogP contribution in [0.3, 0.4) is 0 Å². The number of fused-ring (bicyclic) bond motifs is 9. The summed E-state index contributed by atoms with van der Waals surface area (Å²) in [5, 5.41) is 2.34. The van der Waals surface area contributed by atoms with Crippen LogP contribution in [0.1, 0.15) is 49.9 Å². The van der Waals surface area contributed by atoms with E-state index in [1.54, 1.807) is 11.3 Å². The summed E-state index contributed by atoms with van der Waals surface area (Å²) in [6.45, 7) is 9.49. The lowest BCUT2D eigenvalue weighted by atomic mass is 9.79. The molecular formula is C46H34N2S. The van der Waals surface area contributed by atoms with E-state index in [-0.39, 0.29) is 10.8 Å². The molecule has 0 spiro atoms. The summed E-state index contributed by atoms with van der Waals surface area (Å²) < 4.78 is 1.23. The van der Waals surface area contributed by atoms with Gasteiger partial charge in [-0.3, -0.25) is 0 Å². The van der Waals surface area contributed by atoms with Gasteiger partial charge in [0.1, 0.15) is 4.83 Å². The lowest BCUT2D eigenvalue weighted by Gasteiger charge is -2.24. The van der Waals surface area contributed by atoms with Crippen molar-refractivity contribution in [2.24, 2.45) is 0 Å². The highest BCUT2D eigenvalue weighted by Gasteiger charge is 2.41. The fraction of sp³-hybridized carbons (Fsp3) is 0.130. The van der Waals surface area contributed by atoms with Crippen molar-refractivity contribution in [1.29, 1.82) is 0 Å². The van der Waals surface area contributed by atoms with Gasteiger partial charge in [-0.15, -0.1) is 11.3 Å². The van der Waals surface area contributed by atoms with Crippen LogP contribution in [0.4, 0.5) is 0 Å². The Hall–Kier alpha value is -5.38. The minimum Gasteiger partial charge on any atom is -0.227 e. The lowest BCUT2D eigenvalue weighted by Crippen LogP contribution is -2.16. The summed E-state index contributed by atoms with van der Waals surface area (Å²) in [6, 6.07) is 48.8. The predicted molar refractivity (Wildman–Crippen MR) is 206 cm³/mol. The molecule has 2 aliphatic rings. The minimum absolute atomic E-state index is 0.0338. The van der Waals surface area contributed by atoms with Gasteiger partial charge in [0.15, 0.2) is 5.82 Å². The van der Waals surface area contributed by atoms with Crippen molar-refractivity contribution in [2.45, 2.75) is 38.5 Å². The molecule has 2 aromatic heterocycles. The zero-order valence-electron chi connectivity index (χ0n) is 28.0. The van der Waals surface area contributed by atoms with Crippen molar-refractivity contribution >= 4 is 31.6 Å². The Labute approximate surface area is 290 Å². The molecule has 0 bridgehead atoms. The quantitative estimate of drug-likeness (QED) is 0.191. The average Bonchev–Trinajstić information content (AvgIpc) is 3.70. The van der Waals surface area contributed by atoms with E-state index < -0.39 is 0 Å². The summed E-state index contributed by atoms with van der Waals surface area (Å²) in [5.74, 6) is 0.754. The molecule has 3 heteroatoms. The summed E-state index contributed by atoms with van der Waals surface area (Å²) in [5.41, 5.74) is 16.5. The number of benzene rings is 6. The Balaban J connectivity index is 1.11.